The number of aryl methyl sites for hydroxylation is 2. The zero-order chi connectivity index (χ0) is 12.3. The third-order valence-electron chi connectivity index (χ3n) is 2.83. The molecule has 0 saturated carbocycles. The Balaban J connectivity index is 2.28. The van der Waals surface area contributed by atoms with Crippen molar-refractivity contribution < 1.29 is 0 Å². The molecule has 1 unspecified atom stereocenters. The van der Waals surface area contributed by atoms with Gasteiger partial charge in [0.25, 0.3) is 0 Å². The zero-order valence-electron chi connectivity index (χ0n) is 10.6. The van der Waals surface area contributed by atoms with E-state index in [0.29, 0.717) is 0 Å². The summed E-state index contributed by atoms with van der Waals surface area (Å²) in [7, 11) is 1.96. The lowest BCUT2D eigenvalue weighted by Gasteiger charge is -2.16. The molecule has 0 spiro atoms. The van der Waals surface area contributed by atoms with Crippen LogP contribution in [-0.4, -0.2) is 16.3 Å². The zero-order valence-corrected chi connectivity index (χ0v) is 11.4. The first kappa shape index (κ1) is 12.3. The van der Waals surface area contributed by atoms with Crippen LogP contribution in [0.5, 0.6) is 0 Å². The molecule has 4 heteroatoms. The molecular weight excluding hydrogens is 230 g/mol. The summed E-state index contributed by atoms with van der Waals surface area (Å²) < 4.78 is 1.86. The van der Waals surface area contributed by atoms with Gasteiger partial charge in [-0.3, -0.25) is 4.68 Å². The fraction of sp³-hybridized carbons (Fsp3) is 0.462. The van der Waals surface area contributed by atoms with Gasteiger partial charge < -0.3 is 5.32 Å². The molecule has 1 N–H and O–H groups in total. The van der Waals surface area contributed by atoms with Gasteiger partial charge in [-0.15, -0.1) is 0 Å². The van der Waals surface area contributed by atoms with E-state index in [0.717, 1.165) is 18.7 Å². The summed E-state index contributed by atoms with van der Waals surface area (Å²) in [5.74, 6) is 0. The Kier molecular flexibility index (Phi) is 3.97. The Morgan fingerprint density at radius 2 is 2.29 bits per heavy atom. The van der Waals surface area contributed by atoms with Gasteiger partial charge in [0.1, 0.15) is 0 Å². The molecule has 2 aromatic heterocycles. The summed E-state index contributed by atoms with van der Waals surface area (Å²) in [6.07, 6.45) is 3.13. The molecule has 0 radical (unpaired) electrons. The predicted octanol–water partition coefficient (Wildman–Crippen LogP) is 2.88. The summed E-state index contributed by atoms with van der Waals surface area (Å²) in [5, 5.41) is 12.5. The van der Waals surface area contributed by atoms with Gasteiger partial charge >= 0.3 is 0 Å². The second kappa shape index (κ2) is 5.47. The average molecular weight is 249 g/mol. The maximum Gasteiger partial charge on any atom is 0.0839 e. The quantitative estimate of drug-likeness (QED) is 0.883. The lowest BCUT2D eigenvalue weighted by atomic mass is 10.0. The number of nitrogens with zero attached hydrogens (tertiary/aromatic N) is 2. The van der Waals surface area contributed by atoms with Crippen LogP contribution in [0.15, 0.2) is 23.0 Å². The van der Waals surface area contributed by atoms with Crippen LogP contribution in [0, 0.1) is 6.92 Å². The third-order valence-corrected chi connectivity index (χ3v) is 3.71. The minimum absolute atomic E-state index is 0.224. The number of rotatable bonds is 5. The SMILES string of the molecule is CCCNC(c1ccn(C)n1)c1cscc1C. The highest BCUT2D eigenvalue weighted by atomic mass is 32.1. The summed E-state index contributed by atoms with van der Waals surface area (Å²) in [6.45, 7) is 5.36. The number of hydrogen-bond acceptors (Lipinski definition) is 3. The van der Waals surface area contributed by atoms with Crippen molar-refractivity contribution in [3.63, 3.8) is 0 Å². The van der Waals surface area contributed by atoms with Crippen molar-refractivity contribution >= 4 is 11.3 Å². The van der Waals surface area contributed by atoms with Crippen LogP contribution in [0.3, 0.4) is 0 Å². The summed E-state index contributed by atoms with van der Waals surface area (Å²) in [6, 6.07) is 2.31. The minimum atomic E-state index is 0.224. The van der Waals surface area contributed by atoms with Gasteiger partial charge in [-0.2, -0.15) is 16.4 Å². The van der Waals surface area contributed by atoms with Crippen LogP contribution in [0.2, 0.25) is 0 Å². The molecule has 0 aliphatic carbocycles. The third kappa shape index (κ3) is 2.76. The second-order valence-electron chi connectivity index (χ2n) is 4.31. The van der Waals surface area contributed by atoms with E-state index in [1.807, 2.05) is 17.9 Å². The molecule has 0 saturated heterocycles. The van der Waals surface area contributed by atoms with Crippen LogP contribution in [0.4, 0.5) is 0 Å². The van der Waals surface area contributed by atoms with Crippen molar-refractivity contribution in [3.05, 3.63) is 39.8 Å². The van der Waals surface area contributed by atoms with Gasteiger partial charge in [0.2, 0.25) is 0 Å². The number of thiophene rings is 1. The van der Waals surface area contributed by atoms with Gasteiger partial charge in [0.05, 0.1) is 11.7 Å². The molecule has 0 amide bonds. The van der Waals surface area contributed by atoms with Crippen LogP contribution < -0.4 is 5.32 Å². The smallest absolute Gasteiger partial charge is 0.0839 e. The highest BCUT2D eigenvalue weighted by molar-refractivity contribution is 7.08. The Morgan fingerprint density at radius 1 is 1.47 bits per heavy atom. The molecule has 2 heterocycles. The van der Waals surface area contributed by atoms with E-state index in [9.17, 15) is 0 Å². The molecule has 0 aliphatic rings. The van der Waals surface area contributed by atoms with E-state index in [-0.39, 0.29) is 6.04 Å². The first-order chi connectivity index (χ1) is 8.22. The minimum Gasteiger partial charge on any atom is -0.305 e. The van der Waals surface area contributed by atoms with E-state index < -0.39 is 0 Å². The van der Waals surface area contributed by atoms with Crippen LogP contribution in [0.25, 0.3) is 0 Å². The molecular formula is C13H19N3S. The standard InChI is InChI=1S/C13H19N3S/c1-4-6-14-13(11-9-17-8-10(11)2)12-5-7-16(3)15-12/h5,7-9,13-14H,4,6H2,1-3H3. The summed E-state index contributed by atoms with van der Waals surface area (Å²) >= 11 is 1.75. The fourth-order valence-electron chi connectivity index (χ4n) is 1.92. The molecule has 3 nitrogen and oxygen atoms in total. The largest absolute Gasteiger partial charge is 0.305 e. The maximum absolute atomic E-state index is 4.52. The lowest BCUT2D eigenvalue weighted by molar-refractivity contribution is 0.575. The van der Waals surface area contributed by atoms with E-state index >= 15 is 0 Å². The highest BCUT2D eigenvalue weighted by Gasteiger charge is 2.18. The summed E-state index contributed by atoms with van der Waals surface area (Å²) in [4.78, 5) is 0. The van der Waals surface area contributed by atoms with Crippen molar-refractivity contribution in [3.8, 4) is 0 Å². The molecule has 17 heavy (non-hydrogen) atoms. The number of hydrogen-bond donors (Lipinski definition) is 1. The Morgan fingerprint density at radius 3 is 2.82 bits per heavy atom. The average Bonchev–Trinajstić information content (AvgIpc) is 2.90. The fourth-order valence-corrected chi connectivity index (χ4v) is 2.79. The molecule has 2 rings (SSSR count). The topological polar surface area (TPSA) is 29.9 Å². The first-order valence-electron chi connectivity index (χ1n) is 5.98. The van der Waals surface area contributed by atoms with Crippen molar-refractivity contribution in [1.82, 2.24) is 15.1 Å². The first-order valence-corrected chi connectivity index (χ1v) is 6.92. The number of nitrogens with one attached hydrogen (secondary N) is 1. The van der Waals surface area contributed by atoms with Crippen LogP contribution >= 0.6 is 11.3 Å². The molecule has 92 valence electrons. The van der Waals surface area contributed by atoms with E-state index in [4.69, 9.17) is 0 Å². The Bertz CT molecular complexity index is 472. The van der Waals surface area contributed by atoms with E-state index in [1.165, 1.54) is 11.1 Å². The van der Waals surface area contributed by atoms with Gasteiger partial charge in [-0.05, 0) is 47.8 Å². The van der Waals surface area contributed by atoms with Crippen molar-refractivity contribution in [2.45, 2.75) is 26.3 Å². The van der Waals surface area contributed by atoms with Crippen LogP contribution in [0.1, 0.15) is 36.2 Å². The molecule has 0 aromatic carbocycles. The lowest BCUT2D eigenvalue weighted by Crippen LogP contribution is -2.24. The summed E-state index contributed by atoms with van der Waals surface area (Å²) in [5.41, 5.74) is 3.79. The molecule has 0 aliphatic heterocycles. The van der Waals surface area contributed by atoms with Crippen LogP contribution in [-0.2, 0) is 7.05 Å². The molecule has 0 fully saturated rings. The molecule has 1 atom stereocenters. The van der Waals surface area contributed by atoms with Crippen molar-refractivity contribution in [1.29, 1.82) is 0 Å². The second-order valence-corrected chi connectivity index (χ2v) is 5.06. The predicted molar refractivity (Wildman–Crippen MR) is 72.4 cm³/mol. The highest BCUT2D eigenvalue weighted by Crippen LogP contribution is 2.26. The van der Waals surface area contributed by atoms with Gasteiger partial charge in [0.15, 0.2) is 0 Å². The van der Waals surface area contributed by atoms with Crippen molar-refractivity contribution in [2.24, 2.45) is 7.05 Å². The van der Waals surface area contributed by atoms with Gasteiger partial charge in [-0.1, -0.05) is 6.92 Å². The molecule has 2 aromatic rings. The Labute approximate surface area is 106 Å². The van der Waals surface area contributed by atoms with Crippen molar-refractivity contribution in [2.75, 3.05) is 6.54 Å². The monoisotopic (exact) mass is 249 g/mol. The normalized spacial score (nSPS) is 12.9. The maximum atomic E-state index is 4.52. The van der Waals surface area contributed by atoms with Gasteiger partial charge in [0, 0.05) is 13.2 Å². The molecule has 0 bridgehead atoms. The van der Waals surface area contributed by atoms with E-state index in [1.54, 1.807) is 11.3 Å². The van der Waals surface area contributed by atoms with Gasteiger partial charge in [-0.25, -0.2) is 0 Å². The number of aromatic nitrogens is 2. The van der Waals surface area contributed by atoms with E-state index in [2.05, 4.69) is 41.1 Å². The Hall–Kier alpha value is -1.13.